The SMILES string of the molecule is CNC1=NC(=O)C(CCc2c[nH]c3cc(F)ccc23)O1. The van der Waals surface area contributed by atoms with E-state index in [4.69, 9.17) is 4.74 Å². The number of aliphatic imine (C=N–C) groups is 1. The number of halogens is 1. The van der Waals surface area contributed by atoms with Crippen molar-refractivity contribution in [1.82, 2.24) is 10.3 Å². The smallest absolute Gasteiger partial charge is 0.293 e. The molecule has 6 heteroatoms. The molecule has 1 aromatic heterocycles. The number of aryl methyl sites for hydroxylation is 1. The summed E-state index contributed by atoms with van der Waals surface area (Å²) >= 11 is 0. The second kappa shape index (κ2) is 4.96. The maximum Gasteiger partial charge on any atom is 0.293 e. The number of ether oxygens (including phenoxy) is 1. The van der Waals surface area contributed by atoms with Gasteiger partial charge in [-0.2, -0.15) is 4.99 Å². The Morgan fingerprint density at radius 2 is 2.35 bits per heavy atom. The van der Waals surface area contributed by atoms with Gasteiger partial charge in [-0.1, -0.05) is 0 Å². The fourth-order valence-corrected chi connectivity index (χ4v) is 2.33. The Hall–Kier alpha value is -2.37. The van der Waals surface area contributed by atoms with Crippen molar-refractivity contribution in [2.45, 2.75) is 18.9 Å². The minimum Gasteiger partial charge on any atom is -0.451 e. The Bertz CT molecular complexity index is 693. The van der Waals surface area contributed by atoms with Crippen LogP contribution < -0.4 is 5.32 Å². The number of aromatic amines is 1. The van der Waals surface area contributed by atoms with Crippen LogP contribution in [0.25, 0.3) is 10.9 Å². The maximum atomic E-state index is 13.1. The van der Waals surface area contributed by atoms with E-state index >= 15 is 0 Å². The molecule has 5 nitrogen and oxygen atoms in total. The van der Waals surface area contributed by atoms with Gasteiger partial charge in [0.25, 0.3) is 11.9 Å². The predicted octanol–water partition coefficient (Wildman–Crippen LogP) is 1.74. The first-order chi connectivity index (χ1) is 9.67. The summed E-state index contributed by atoms with van der Waals surface area (Å²) in [5.41, 5.74) is 1.79. The zero-order chi connectivity index (χ0) is 14.1. The highest BCUT2D eigenvalue weighted by Crippen LogP contribution is 2.22. The maximum absolute atomic E-state index is 13.1. The summed E-state index contributed by atoms with van der Waals surface area (Å²) in [4.78, 5) is 18.4. The number of carbonyl (C=O) groups excluding carboxylic acids is 1. The van der Waals surface area contributed by atoms with Crippen LogP contribution in [0.2, 0.25) is 0 Å². The minimum atomic E-state index is -0.539. The van der Waals surface area contributed by atoms with Gasteiger partial charge in [0, 0.05) is 24.1 Å². The van der Waals surface area contributed by atoms with E-state index in [9.17, 15) is 9.18 Å². The fraction of sp³-hybridized carbons (Fsp3) is 0.286. The van der Waals surface area contributed by atoms with Crippen molar-refractivity contribution in [3.05, 3.63) is 35.8 Å². The molecule has 0 spiro atoms. The Balaban J connectivity index is 1.71. The Kier molecular flexibility index (Phi) is 3.14. The second-order valence-corrected chi connectivity index (χ2v) is 4.65. The molecule has 0 saturated carbocycles. The van der Waals surface area contributed by atoms with E-state index in [-0.39, 0.29) is 17.7 Å². The van der Waals surface area contributed by atoms with Crippen molar-refractivity contribution in [2.24, 2.45) is 4.99 Å². The van der Waals surface area contributed by atoms with Gasteiger partial charge in [-0.25, -0.2) is 4.39 Å². The highest BCUT2D eigenvalue weighted by molar-refractivity contribution is 5.98. The normalized spacial score (nSPS) is 18.2. The van der Waals surface area contributed by atoms with Gasteiger partial charge < -0.3 is 15.0 Å². The molecule has 2 aromatic rings. The topological polar surface area (TPSA) is 66.5 Å². The third-order valence-electron chi connectivity index (χ3n) is 3.36. The van der Waals surface area contributed by atoms with E-state index in [0.717, 1.165) is 16.5 Å². The van der Waals surface area contributed by atoms with Gasteiger partial charge in [0.15, 0.2) is 6.10 Å². The van der Waals surface area contributed by atoms with Crippen molar-refractivity contribution < 1.29 is 13.9 Å². The van der Waals surface area contributed by atoms with Crippen molar-refractivity contribution in [3.63, 3.8) is 0 Å². The van der Waals surface area contributed by atoms with Gasteiger partial charge in [-0.3, -0.25) is 4.79 Å². The standard InChI is InChI=1S/C14H14FN3O2/c1-16-14-18-13(19)12(20-14)5-2-8-7-17-11-6-9(15)3-4-10(8)11/h3-4,6-7,12,17H,2,5H2,1H3,(H,16,18,19). The summed E-state index contributed by atoms with van der Waals surface area (Å²) in [5, 5.41) is 3.68. The van der Waals surface area contributed by atoms with E-state index in [0.29, 0.717) is 12.8 Å². The molecule has 0 fully saturated rings. The minimum absolute atomic E-state index is 0.264. The van der Waals surface area contributed by atoms with E-state index < -0.39 is 6.10 Å². The number of amides is 1. The van der Waals surface area contributed by atoms with Crippen LogP contribution in [0.15, 0.2) is 29.4 Å². The lowest BCUT2D eigenvalue weighted by atomic mass is 10.1. The number of H-pyrrole nitrogens is 1. The molecule has 0 aliphatic carbocycles. The summed E-state index contributed by atoms with van der Waals surface area (Å²) in [5.74, 6) is -0.535. The lowest BCUT2D eigenvalue weighted by Gasteiger charge is -2.08. The molecular formula is C14H14FN3O2. The molecule has 1 unspecified atom stereocenters. The first kappa shape index (κ1) is 12.7. The van der Waals surface area contributed by atoms with Gasteiger partial charge in [0.1, 0.15) is 5.82 Å². The molecule has 2 N–H and O–H groups in total. The van der Waals surface area contributed by atoms with Crippen LogP contribution in [0.1, 0.15) is 12.0 Å². The van der Waals surface area contributed by atoms with Crippen molar-refractivity contribution in [2.75, 3.05) is 7.05 Å². The van der Waals surface area contributed by atoms with Crippen LogP contribution in [-0.2, 0) is 16.0 Å². The number of carbonyl (C=O) groups is 1. The van der Waals surface area contributed by atoms with Gasteiger partial charge in [-0.15, -0.1) is 0 Å². The molecule has 0 radical (unpaired) electrons. The van der Waals surface area contributed by atoms with Crippen molar-refractivity contribution in [3.8, 4) is 0 Å². The van der Waals surface area contributed by atoms with Crippen LogP contribution >= 0.6 is 0 Å². The van der Waals surface area contributed by atoms with Crippen LogP contribution in [0.3, 0.4) is 0 Å². The molecule has 0 bridgehead atoms. The number of hydrogen-bond donors (Lipinski definition) is 2. The molecule has 0 saturated heterocycles. The van der Waals surface area contributed by atoms with Gasteiger partial charge in [0.05, 0.1) is 0 Å². The summed E-state index contributed by atoms with van der Waals surface area (Å²) in [6.07, 6.45) is 2.50. The van der Waals surface area contributed by atoms with E-state index in [2.05, 4.69) is 15.3 Å². The van der Waals surface area contributed by atoms with Gasteiger partial charge in [0.2, 0.25) is 0 Å². The lowest BCUT2D eigenvalue weighted by molar-refractivity contribution is -0.122. The molecule has 1 atom stereocenters. The first-order valence-electron chi connectivity index (χ1n) is 6.40. The van der Waals surface area contributed by atoms with Crippen LogP contribution in [0, 0.1) is 5.82 Å². The number of fused-ring (bicyclic) bond motifs is 1. The monoisotopic (exact) mass is 275 g/mol. The molecule has 3 rings (SSSR count). The number of hydrogen-bond acceptors (Lipinski definition) is 3. The Morgan fingerprint density at radius 3 is 3.10 bits per heavy atom. The zero-order valence-electron chi connectivity index (χ0n) is 10.9. The molecular weight excluding hydrogens is 261 g/mol. The van der Waals surface area contributed by atoms with Crippen LogP contribution in [-0.4, -0.2) is 30.1 Å². The first-order valence-corrected chi connectivity index (χ1v) is 6.40. The summed E-state index contributed by atoms with van der Waals surface area (Å²) in [6.45, 7) is 0. The number of nitrogens with zero attached hydrogens (tertiary/aromatic N) is 1. The quantitative estimate of drug-likeness (QED) is 0.896. The van der Waals surface area contributed by atoms with E-state index in [1.807, 2.05) is 6.20 Å². The molecule has 104 valence electrons. The van der Waals surface area contributed by atoms with Gasteiger partial charge >= 0.3 is 0 Å². The van der Waals surface area contributed by atoms with E-state index in [1.165, 1.54) is 12.1 Å². The number of rotatable bonds is 3. The highest BCUT2D eigenvalue weighted by atomic mass is 19.1. The molecule has 1 aromatic carbocycles. The Morgan fingerprint density at radius 1 is 1.50 bits per heavy atom. The number of benzene rings is 1. The van der Waals surface area contributed by atoms with Gasteiger partial charge in [-0.05, 0) is 36.6 Å². The second-order valence-electron chi connectivity index (χ2n) is 4.65. The van der Waals surface area contributed by atoms with Crippen molar-refractivity contribution >= 4 is 22.8 Å². The average Bonchev–Trinajstić information content (AvgIpc) is 2.99. The summed E-state index contributed by atoms with van der Waals surface area (Å²) in [7, 11) is 1.66. The molecule has 20 heavy (non-hydrogen) atoms. The van der Waals surface area contributed by atoms with Crippen molar-refractivity contribution in [1.29, 1.82) is 0 Å². The summed E-state index contributed by atoms with van der Waals surface area (Å²) in [6, 6.07) is 4.89. The number of nitrogens with one attached hydrogen (secondary N) is 2. The third-order valence-corrected chi connectivity index (χ3v) is 3.36. The number of aromatic nitrogens is 1. The molecule has 1 aliphatic rings. The number of amidine groups is 1. The average molecular weight is 275 g/mol. The van der Waals surface area contributed by atoms with Crippen LogP contribution in [0.5, 0.6) is 0 Å². The highest BCUT2D eigenvalue weighted by Gasteiger charge is 2.28. The summed E-state index contributed by atoms with van der Waals surface area (Å²) < 4.78 is 18.5. The molecule has 1 amide bonds. The zero-order valence-corrected chi connectivity index (χ0v) is 10.9. The van der Waals surface area contributed by atoms with Crippen LogP contribution in [0.4, 0.5) is 4.39 Å². The largest absolute Gasteiger partial charge is 0.451 e. The lowest BCUT2D eigenvalue weighted by Crippen LogP contribution is -2.23. The third kappa shape index (κ3) is 2.24. The Labute approximate surface area is 114 Å². The molecule has 2 heterocycles. The molecule has 1 aliphatic heterocycles. The fourth-order valence-electron chi connectivity index (χ4n) is 2.33. The van der Waals surface area contributed by atoms with E-state index in [1.54, 1.807) is 13.1 Å². The predicted molar refractivity (Wildman–Crippen MR) is 73.0 cm³/mol.